The second kappa shape index (κ2) is 11.3. The van der Waals surface area contributed by atoms with Crippen LogP contribution in [0.25, 0.3) is 5.57 Å². The first kappa shape index (κ1) is 23.9. The van der Waals surface area contributed by atoms with E-state index in [9.17, 15) is 4.79 Å². The normalized spacial score (nSPS) is 14.5. The van der Waals surface area contributed by atoms with E-state index < -0.39 is 0 Å². The van der Waals surface area contributed by atoms with Crippen molar-refractivity contribution in [1.82, 2.24) is 19.7 Å². The molecule has 0 saturated heterocycles. The van der Waals surface area contributed by atoms with Crippen LogP contribution in [-0.2, 0) is 6.54 Å². The Morgan fingerprint density at radius 1 is 1.23 bits per heavy atom. The molecule has 4 rings (SSSR count). The number of nitrogens with zero attached hydrogens (tertiary/aromatic N) is 6. The predicted octanol–water partition coefficient (Wildman–Crippen LogP) is 2.05. The van der Waals surface area contributed by atoms with Crippen LogP contribution in [0.4, 0.5) is 23.1 Å². The largest absolute Gasteiger partial charge is 0.404 e. The van der Waals surface area contributed by atoms with Gasteiger partial charge in [0.25, 0.3) is 5.56 Å². The molecular weight excluding hydrogens is 444 g/mol. The van der Waals surface area contributed by atoms with E-state index in [0.717, 1.165) is 24.0 Å². The molecule has 35 heavy (non-hydrogen) atoms. The minimum Gasteiger partial charge on any atom is -0.404 e. The van der Waals surface area contributed by atoms with Gasteiger partial charge in [-0.1, -0.05) is 25.0 Å². The van der Waals surface area contributed by atoms with E-state index in [1.807, 2.05) is 24.3 Å². The van der Waals surface area contributed by atoms with Crippen molar-refractivity contribution in [2.24, 2.45) is 16.6 Å². The van der Waals surface area contributed by atoms with Crippen molar-refractivity contribution in [2.45, 2.75) is 38.3 Å². The van der Waals surface area contributed by atoms with Gasteiger partial charge >= 0.3 is 0 Å². The van der Waals surface area contributed by atoms with Crippen LogP contribution < -0.4 is 33.2 Å². The fraction of sp³-hybridized carbons (Fsp3) is 0.292. The van der Waals surface area contributed by atoms with Gasteiger partial charge in [0.1, 0.15) is 0 Å². The van der Waals surface area contributed by atoms with E-state index in [2.05, 4.69) is 25.4 Å². The molecule has 2 heterocycles. The summed E-state index contributed by atoms with van der Waals surface area (Å²) in [5.74, 6) is 7.30. The Morgan fingerprint density at radius 2 is 2.00 bits per heavy atom. The summed E-state index contributed by atoms with van der Waals surface area (Å²) in [6.07, 6.45) is 10.9. The first-order chi connectivity index (χ1) is 17.0. The summed E-state index contributed by atoms with van der Waals surface area (Å²) in [4.78, 5) is 24.9. The third-order valence-corrected chi connectivity index (χ3v) is 5.83. The molecular formula is C24H30N10O. The average molecular weight is 475 g/mol. The predicted molar refractivity (Wildman–Crippen MR) is 139 cm³/mol. The first-order valence-electron chi connectivity index (χ1n) is 11.5. The minimum atomic E-state index is -0.162. The summed E-state index contributed by atoms with van der Waals surface area (Å²) in [6, 6.07) is 10.9. The van der Waals surface area contributed by atoms with E-state index in [-0.39, 0.29) is 5.56 Å². The molecule has 3 aromatic rings. The quantitative estimate of drug-likeness (QED) is 0.206. The molecule has 0 spiro atoms. The van der Waals surface area contributed by atoms with Gasteiger partial charge in [-0.3, -0.25) is 14.8 Å². The van der Waals surface area contributed by atoms with Gasteiger partial charge in [0.2, 0.25) is 5.95 Å². The maximum atomic E-state index is 11.7. The number of anilines is 4. The van der Waals surface area contributed by atoms with Gasteiger partial charge in [-0.2, -0.15) is 10.1 Å². The van der Waals surface area contributed by atoms with Gasteiger partial charge in [-0.25, -0.2) is 15.5 Å². The lowest BCUT2D eigenvalue weighted by Gasteiger charge is -2.21. The van der Waals surface area contributed by atoms with Crippen molar-refractivity contribution >= 4 is 34.9 Å². The molecule has 0 bridgehead atoms. The van der Waals surface area contributed by atoms with Crippen LogP contribution in [0.2, 0.25) is 0 Å². The Kier molecular flexibility index (Phi) is 7.68. The Labute approximate surface area is 203 Å². The second-order valence-electron chi connectivity index (χ2n) is 8.26. The van der Waals surface area contributed by atoms with E-state index in [4.69, 9.17) is 17.3 Å². The molecule has 0 atom stereocenters. The minimum absolute atomic E-state index is 0.162. The molecule has 11 nitrogen and oxygen atoms in total. The van der Waals surface area contributed by atoms with E-state index in [0.29, 0.717) is 42.3 Å². The van der Waals surface area contributed by atoms with Gasteiger partial charge < -0.3 is 16.8 Å². The summed E-state index contributed by atoms with van der Waals surface area (Å²) in [5, 5.41) is 8.82. The molecule has 0 radical (unpaired) electrons. The highest BCUT2D eigenvalue weighted by Gasteiger charge is 2.18. The molecule has 1 aromatic carbocycles. The average Bonchev–Trinajstić information content (AvgIpc) is 3.39. The highest BCUT2D eigenvalue weighted by Crippen LogP contribution is 2.28. The first-order valence-corrected chi connectivity index (χ1v) is 11.5. The third kappa shape index (κ3) is 6.01. The molecule has 2 aromatic heterocycles. The standard InChI is InChI=1S/C24H30N10O/c25-14-18(15-28-12-13-33-22(35)6-3-11-30-33)17-7-9-20(10-8-17)34(27)23-21(26)16-29-24(32-23)31-19-4-1-2-5-19/h3,6-11,14-16,19H,1-2,4-5,12-13,25-27H2,(H,29,31,32). The number of allylic oxidation sites excluding steroid dienone is 1. The number of rotatable bonds is 9. The highest BCUT2D eigenvalue weighted by atomic mass is 16.1. The lowest BCUT2D eigenvalue weighted by molar-refractivity contribution is 0.588. The molecule has 1 saturated carbocycles. The van der Waals surface area contributed by atoms with Gasteiger partial charge in [0.15, 0.2) is 5.82 Å². The number of aliphatic imine (C=N–C) groups is 1. The monoisotopic (exact) mass is 474 g/mol. The fourth-order valence-corrected chi connectivity index (χ4v) is 3.92. The zero-order valence-electron chi connectivity index (χ0n) is 19.4. The summed E-state index contributed by atoms with van der Waals surface area (Å²) in [6.45, 7) is 0.778. The maximum absolute atomic E-state index is 11.7. The Balaban J connectivity index is 1.41. The molecule has 0 unspecified atom stereocenters. The number of aromatic nitrogens is 4. The van der Waals surface area contributed by atoms with Crippen molar-refractivity contribution in [3.63, 3.8) is 0 Å². The van der Waals surface area contributed by atoms with E-state index in [1.54, 1.807) is 24.7 Å². The number of nitrogen functional groups attached to an aromatic ring is 1. The Morgan fingerprint density at radius 3 is 2.71 bits per heavy atom. The zero-order chi connectivity index (χ0) is 24.6. The van der Waals surface area contributed by atoms with Gasteiger partial charge in [0.05, 0.1) is 30.7 Å². The van der Waals surface area contributed by atoms with Crippen molar-refractivity contribution in [3.05, 3.63) is 70.9 Å². The smallest absolute Gasteiger partial charge is 0.266 e. The van der Waals surface area contributed by atoms with Crippen LogP contribution >= 0.6 is 0 Å². The zero-order valence-corrected chi connectivity index (χ0v) is 19.4. The van der Waals surface area contributed by atoms with Gasteiger partial charge in [-0.05, 0) is 36.6 Å². The molecule has 0 aliphatic heterocycles. The van der Waals surface area contributed by atoms with Gasteiger partial charge in [0, 0.05) is 36.3 Å². The van der Waals surface area contributed by atoms with E-state index in [1.165, 1.54) is 34.8 Å². The molecule has 1 fully saturated rings. The van der Waals surface area contributed by atoms with Crippen molar-refractivity contribution in [1.29, 1.82) is 0 Å². The molecule has 7 N–H and O–H groups in total. The number of nitrogens with one attached hydrogen (secondary N) is 1. The van der Waals surface area contributed by atoms with Crippen LogP contribution in [0.5, 0.6) is 0 Å². The fourth-order valence-electron chi connectivity index (χ4n) is 3.92. The van der Waals surface area contributed by atoms with Crippen LogP contribution in [0.15, 0.2) is 64.8 Å². The number of hydrazine groups is 1. The second-order valence-corrected chi connectivity index (χ2v) is 8.26. The third-order valence-electron chi connectivity index (χ3n) is 5.83. The summed E-state index contributed by atoms with van der Waals surface area (Å²) < 4.78 is 1.36. The van der Waals surface area contributed by atoms with Crippen LogP contribution in [0.1, 0.15) is 31.2 Å². The van der Waals surface area contributed by atoms with Crippen LogP contribution in [0, 0.1) is 0 Å². The molecule has 1 aliphatic carbocycles. The number of nitrogens with two attached hydrogens (primary N) is 3. The topological polar surface area (TPSA) is 166 Å². The molecule has 11 heteroatoms. The Bertz CT molecular complexity index is 1250. The highest BCUT2D eigenvalue weighted by molar-refractivity contribution is 6.09. The lowest BCUT2D eigenvalue weighted by Crippen LogP contribution is -2.28. The summed E-state index contributed by atoms with van der Waals surface area (Å²) in [7, 11) is 0. The molecule has 0 amide bonds. The summed E-state index contributed by atoms with van der Waals surface area (Å²) in [5.41, 5.74) is 14.5. The molecule has 1 aliphatic rings. The number of hydrogen-bond acceptors (Lipinski definition) is 10. The lowest BCUT2D eigenvalue weighted by atomic mass is 10.1. The number of hydrogen-bond donors (Lipinski definition) is 4. The molecule has 182 valence electrons. The van der Waals surface area contributed by atoms with Gasteiger partial charge in [-0.15, -0.1) is 0 Å². The number of benzene rings is 1. The summed E-state index contributed by atoms with van der Waals surface area (Å²) >= 11 is 0. The van der Waals surface area contributed by atoms with Crippen LogP contribution in [0.3, 0.4) is 0 Å². The van der Waals surface area contributed by atoms with E-state index >= 15 is 0 Å². The van der Waals surface area contributed by atoms with Crippen LogP contribution in [-0.4, -0.2) is 38.5 Å². The van der Waals surface area contributed by atoms with Crippen molar-refractivity contribution in [3.8, 4) is 0 Å². The maximum Gasteiger partial charge on any atom is 0.266 e. The van der Waals surface area contributed by atoms with Crippen molar-refractivity contribution < 1.29 is 0 Å². The SMILES string of the molecule is NC=C(C=NCCn1ncccc1=O)c1ccc(N(N)c2nc(NC3CCCC3)ncc2N)cc1. The van der Waals surface area contributed by atoms with Crippen molar-refractivity contribution in [2.75, 3.05) is 22.6 Å². The Hall–Kier alpha value is -4.25.